The van der Waals surface area contributed by atoms with Gasteiger partial charge >= 0.3 is 0 Å². The van der Waals surface area contributed by atoms with E-state index in [2.05, 4.69) is 25.4 Å². The molecule has 0 aliphatic rings. The molecule has 0 amide bonds. The van der Waals surface area contributed by atoms with Gasteiger partial charge in [0.05, 0.1) is 6.54 Å². The standard InChI is InChI=1S/C16H27NO/c1-5-7-12-16(18)13-17-15(4)11-8-10-14(3)9-6-2/h6,9,17H,3-5,7-8,10-13H2,1-2H3/b9-6-. The molecule has 0 saturated heterocycles. The van der Waals surface area contributed by atoms with Crippen LogP contribution in [0.5, 0.6) is 0 Å². The van der Waals surface area contributed by atoms with E-state index in [1.54, 1.807) is 0 Å². The van der Waals surface area contributed by atoms with Crippen LogP contribution in [-0.4, -0.2) is 12.3 Å². The predicted octanol–water partition coefficient (Wildman–Crippen LogP) is 4.15. The summed E-state index contributed by atoms with van der Waals surface area (Å²) >= 11 is 0. The maximum absolute atomic E-state index is 11.4. The third-order valence-corrected chi connectivity index (χ3v) is 2.72. The van der Waals surface area contributed by atoms with E-state index in [4.69, 9.17) is 0 Å². The molecule has 2 heteroatoms. The lowest BCUT2D eigenvalue weighted by molar-refractivity contribution is -0.118. The average molecular weight is 249 g/mol. The fourth-order valence-corrected chi connectivity index (χ4v) is 1.62. The van der Waals surface area contributed by atoms with Gasteiger partial charge in [-0.05, 0) is 32.6 Å². The fraction of sp³-hybridized carbons (Fsp3) is 0.562. The van der Waals surface area contributed by atoms with Crippen LogP contribution in [0.2, 0.25) is 0 Å². The molecule has 2 nitrogen and oxygen atoms in total. The van der Waals surface area contributed by atoms with Crippen molar-refractivity contribution in [3.05, 3.63) is 36.6 Å². The summed E-state index contributed by atoms with van der Waals surface area (Å²) in [5, 5.41) is 3.11. The van der Waals surface area contributed by atoms with Crippen molar-refractivity contribution in [1.82, 2.24) is 5.32 Å². The van der Waals surface area contributed by atoms with Gasteiger partial charge in [-0.3, -0.25) is 4.79 Å². The maximum Gasteiger partial charge on any atom is 0.151 e. The van der Waals surface area contributed by atoms with Gasteiger partial charge in [0.15, 0.2) is 5.78 Å². The van der Waals surface area contributed by atoms with Crippen LogP contribution in [-0.2, 0) is 4.79 Å². The third-order valence-electron chi connectivity index (χ3n) is 2.72. The molecular formula is C16H27NO. The van der Waals surface area contributed by atoms with E-state index in [9.17, 15) is 4.79 Å². The number of rotatable bonds is 11. The molecule has 102 valence electrons. The molecule has 0 spiro atoms. The Hall–Kier alpha value is -1.31. The molecule has 0 aromatic carbocycles. The van der Waals surface area contributed by atoms with Gasteiger partial charge in [-0.25, -0.2) is 0 Å². The molecule has 0 rings (SSSR count). The molecule has 0 aliphatic heterocycles. The Labute approximate surface area is 112 Å². The van der Waals surface area contributed by atoms with E-state index in [-0.39, 0.29) is 5.78 Å². The van der Waals surface area contributed by atoms with Crippen molar-refractivity contribution in [1.29, 1.82) is 0 Å². The van der Waals surface area contributed by atoms with Crippen molar-refractivity contribution in [2.75, 3.05) is 6.54 Å². The van der Waals surface area contributed by atoms with Gasteiger partial charge in [-0.2, -0.15) is 0 Å². The van der Waals surface area contributed by atoms with E-state index in [0.717, 1.165) is 43.4 Å². The number of allylic oxidation sites excluding steroid dienone is 4. The lowest BCUT2D eigenvalue weighted by Gasteiger charge is -2.08. The van der Waals surface area contributed by atoms with Crippen molar-refractivity contribution in [2.45, 2.75) is 52.4 Å². The number of carbonyl (C=O) groups is 1. The monoisotopic (exact) mass is 249 g/mol. The minimum atomic E-state index is 0.274. The van der Waals surface area contributed by atoms with E-state index < -0.39 is 0 Å². The SMILES string of the molecule is C=C(/C=C\C)CCCC(=C)NCC(=O)CCCC. The highest BCUT2D eigenvalue weighted by Gasteiger charge is 2.01. The zero-order chi connectivity index (χ0) is 13.8. The summed E-state index contributed by atoms with van der Waals surface area (Å²) in [5.74, 6) is 0.274. The molecule has 0 heterocycles. The Morgan fingerprint density at radius 2 is 1.89 bits per heavy atom. The zero-order valence-corrected chi connectivity index (χ0v) is 11.9. The Morgan fingerprint density at radius 3 is 2.50 bits per heavy atom. The second-order valence-corrected chi connectivity index (χ2v) is 4.61. The smallest absolute Gasteiger partial charge is 0.151 e. The largest absolute Gasteiger partial charge is 0.382 e. The van der Waals surface area contributed by atoms with Gasteiger partial charge in [-0.15, -0.1) is 0 Å². The Morgan fingerprint density at radius 1 is 1.17 bits per heavy atom. The Kier molecular flexibility index (Phi) is 10.0. The first kappa shape index (κ1) is 16.7. The topological polar surface area (TPSA) is 29.1 Å². The summed E-state index contributed by atoms with van der Waals surface area (Å²) in [4.78, 5) is 11.4. The summed E-state index contributed by atoms with van der Waals surface area (Å²) in [7, 11) is 0. The van der Waals surface area contributed by atoms with Crippen molar-refractivity contribution < 1.29 is 4.79 Å². The molecule has 0 bridgehead atoms. The fourth-order valence-electron chi connectivity index (χ4n) is 1.62. The molecule has 1 N–H and O–H groups in total. The molecule has 0 aromatic heterocycles. The van der Waals surface area contributed by atoms with Crippen molar-refractivity contribution in [2.24, 2.45) is 0 Å². The molecular weight excluding hydrogens is 222 g/mol. The molecule has 0 unspecified atom stereocenters. The molecule has 0 aliphatic carbocycles. The van der Waals surface area contributed by atoms with Gasteiger partial charge in [0, 0.05) is 12.1 Å². The quantitative estimate of drug-likeness (QED) is 0.557. The van der Waals surface area contributed by atoms with Crippen molar-refractivity contribution in [3.8, 4) is 0 Å². The van der Waals surface area contributed by atoms with Crippen LogP contribution in [0.15, 0.2) is 36.6 Å². The van der Waals surface area contributed by atoms with Gasteiger partial charge in [0.1, 0.15) is 0 Å². The number of Topliss-reactive ketones (excluding diaryl/α,β-unsaturated/α-hetero) is 1. The highest BCUT2D eigenvalue weighted by molar-refractivity contribution is 5.80. The number of carbonyl (C=O) groups excluding carboxylic acids is 1. The second kappa shape index (κ2) is 10.8. The number of unbranched alkanes of at least 4 members (excludes halogenated alkanes) is 1. The Bertz CT molecular complexity index is 302. The molecule has 0 radical (unpaired) electrons. The third kappa shape index (κ3) is 9.88. The van der Waals surface area contributed by atoms with Crippen LogP contribution in [0, 0.1) is 0 Å². The number of nitrogens with one attached hydrogen (secondary N) is 1. The lowest BCUT2D eigenvalue weighted by Crippen LogP contribution is -2.21. The van der Waals surface area contributed by atoms with Gasteiger partial charge in [0.25, 0.3) is 0 Å². The van der Waals surface area contributed by atoms with Crippen LogP contribution < -0.4 is 5.32 Å². The first-order valence-electron chi connectivity index (χ1n) is 6.84. The van der Waals surface area contributed by atoms with Crippen LogP contribution in [0.25, 0.3) is 0 Å². The van der Waals surface area contributed by atoms with Gasteiger partial charge in [-0.1, -0.05) is 44.2 Å². The van der Waals surface area contributed by atoms with E-state index in [0.29, 0.717) is 13.0 Å². The molecule has 0 atom stereocenters. The predicted molar refractivity (Wildman–Crippen MR) is 79.5 cm³/mol. The van der Waals surface area contributed by atoms with Crippen LogP contribution >= 0.6 is 0 Å². The summed E-state index contributed by atoms with van der Waals surface area (Å²) in [6.07, 6.45) is 9.67. The first-order valence-corrected chi connectivity index (χ1v) is 6.84. The van der Waals surface area contributed by atoms with Crippen LogP contribution in [0.1, 0.15) is 52.4 Å². The first-order chi connectivity index (χ1) is 8.60. The Balaban J connectivity index is 3.60. The van der Waals surface area contributed by atoms with E-state index >= 15 is 0 Å². The lowest BCUT2D eigenvalue weighted by atomic mass is 10.1. The average Bonchev–Trinajstić information content (AvgIpc) is 2.34. The minimum absolute atomic E-state index is 0.274. The van der Waals surface area contributed by atoms with E-state index in [1.807, 2.05) is 19.1 Å². The molecule has 18 heavy (non-hydrogen) atoms. The van der Waals surface area contributed by atoms with Crippen LogP contribution in [0.3, 0.4) is 0 Å². The minimum Gasteiger partial charge on any atom is -0.382 e. The summed E-state index contributed by atoms with van der Waals surface area (Å²) in [6.45, 7) is 12.4. The second-order valence-electron chi connectivity index (χ2n) is 4.61. The van der Waals surface area contributed by atoms with E-state index in [1.165, 1.54) is 0 Å². The summed E-state index contributed by atoms with van der Waals surface area (Å²) in [6, 6.07) is 0. The highest BCUT2D eigenvalue weighted by atomic mass is 16.1. The normalized spacial score (nSPS) is 10.6. The number of hydrogen-bond donors (Lipinski definition) is 1. The molecule has 0 fully saturated rings. The molecule has 0 saturated carbocycles. The molecule has 0 aromatic rings. The van der Waals surface area contributed by atoms with Crippen molar-refractivity contribution in [3.63, 3.8) is 0 Å². The van der Waals surface area contributed by atoms with Gasteiger partial charge in [0.2, 0.25) is 0 Å². The number of ketones is 1. The van der Waals surface area contributed by atoms with Crippen molar-refractivity contribution >= 4 is 5.78 Å². The summed E-state index contributed by atoms with van der Waals surface area (Å²) in [5.41, 5.74) is 2.09. The van der Waals surface area contributed by atoms with Crippen LogP contribution in [0.4, 0.5) is 0 Å². The highest BCUT2D eigenvalue weighted by Crippen LogP contribution is 2.09. The maximum atomic E-state index is 11.4. The zero-order valence-electron chi connectivity index (χ0n) is 11.9. The summed E-state index contributed by atoms with van der Waals surface area (Å²) < 4.78 is 0. The number of hydrogen-bond acceptors (Lipinski definition) is 2. The van der Waals surface area contributed by atoms with Gasteiger partial charge < -0.3 is 5.32 Å².